The Labute approximate surface area is 221 Å². The molecule has 1 aromatic rings. The number of hydrogen-bond donors (Lipinski definition) is 2. The fraction of sp³-hybridized carbons (Fsp3) is 0.677. The lowest BCUT2D eigenvalue weighted by Gasteiger charge is -2.27. The Morgan fingerprint density at radius 1 is 0.917 bits per heavy atom. The predicted octanol–water partition coefficient (Wildman–Crippen LogP) is 7.08. The average Bonchev–Trinajstić information content (AvgIpc) is 2.84. The van der Waals surface area contributed by atoms with Gasteiger partial charge >= 0.3 is 5.97 Å². The number of carbonyl (C=O) groups is 2. The van der Waals surface area contributed by atoms with E-state index in [2.05, 4.69) is 54.7 Å². The van der Waals surface area contributed by atoms with E-state index in [0.29, 0.717) is 23.4 Å². The maximum Gasteiger partial charge on any atom is 0.359 e. The molecule has 5 nitrogen and oxygen atoms in total. The smallest absolute Gasteiger partial charge is 0.359 e. The first kappa shape index (κ1) is 31.9. The van der Waals surface area contributed by atoms with Gasteiger partial charge in [0.25, 0.3) is 0 Å². The Hall–Kier alpha value is -2.14. The number of nitrogens with one attached hydrogen (secondary N) is 1. The van der Waals surface area contributed by atoms with Crippen molar-refractivity contribution in [2.45, 2.75) is 103 Å². The third-order valence-corrected chi connectivity index (χ3v) is 6.86. The van der Waals surface area contributed by atoms with E-state index >= 15 is 0 Å². The lowest BCUT2D eigenvalue weighted by molar-refractivity contribution is -0.883. The summed E-state index contributed by atoms with van der Waals surface area (Å²) in [5, 5.41) is 11.9. The summed E-state index contributed by atoms with van der Waals surface area (Å²) in [5.74, 6) is -0.0326. The monoisotopic (exact) mass is 501 g/mol. The second-order valence-electron chi connectivity index (χ2n) is 10.9. The number of carboxylic acids is 1. The van der Waals surface area contributed by atoms with Crippen LogP contribution in [0.25, 0.3) is 0 Å². The van der Waals surface area contributed by atoms with E-state index in [1.54, 1.807) is 0 Å². The molecule has 1 atom stereocenters. The van der Waals surface area contributed by atoms with E-state index in [1.165, 1.54) is 56.9 Å². The standard InChI is InChI=1S/C31H52N2O3/c1-4-5-6-14-20-28(29-22-16-13-17-23-29)21-15-11-9-7-8-10-12-18-24-30(34)32-25-19-26-33(2,3)27-31(35)36/h11,13,15-17,22-23,28H,4-10,12,14,18-21,24-27H2,1-3H3,(H-,32,34,35,36)/p+1/b15-11+. The number of hydrogen-bond acceptors (Lipinski definition) is 2. The highest BCUT2D eigenvalue weighted by Crippen LogP contribution is 2.26. The SMILES string of the molecule is CCCCCCC(C/C=C/CCCCCCCC(=O)NCCC[N+](C)(C)CC(=O)O)c1ccccc1. The molecule has 0 heterocycles. The summed E-state index contributed by atoms with van der Waals surface area (Å²) in [7, 11) is 3.81. The zero-order valence-electron chi connectivity index (χ0n) is 23.4. The van der Waals surface area contributed by atoms with Crippen LogP contribution in [0, 0.1) is 0 Å². The van der Waals surface area contributed by atoms with Crippen LogP contribution in [-0.4, -0.2) is 55.2 Å². The third kappa shape index (κ3) is 17.3. The van der Waals surface area contributed by atoms with E-state index in [9.17, 15) is 9.59 Å². The van der Waals surface area contributed by atoms with Gasteiger partial charge in [0.15, 0.2) is 6.54 Å². The van der Waals surface area contributed by atoms with Gasteiger partial charge in [0.1, 0.15) is 0 Å². The molecule has 0 aromatic heterocycles. The summed E-state index contributed by atoms with van der Waals surface area (Å²) < 4.78 is 0.438. The van der Waals surface area contributed by atoms with Crippen molar-refractivity contribution in [3.63, 3.8) is 0 Å². The van der Waals surface area contributed by atoms with Crippen molar-refractivity contribution in [2.75, 3.05) is 33.7 Å². The number of quaternary nitrogens is 1. The molecule has 1 rings (SSSR count). The van der Waals surface area contributed by atoms with Gasteiger partial charge in [-0.3, -0.25) is 4.79 Å². The van der Waals surface area contributed by atoms with Gasteiger partial charge in [0, 0.05) is 19.4 Å². The van der Waals surface area contributed by atoms with Gasteiger partial charge in [0.2, 0.25) is 5.91 Å². The number of likely N-dealkylation sites (N-methyl/N-ethyl adjacent to an activating group) is 1. The molecule has 0 aliphatic rings. The van der Waals surface area contributed by atoms with Crippen LogP contribution in [0.4, 0.5) is 0 Å². The van der Waals surface area contributed by atoms with Gasteiger partial charge in [-0.25, -0.2) is 4.79 Å². The number of rotatable bonds is 22. The van der Waals surface area contributed by atoms with Crippen molar-refractivity contribution in [1.82, 2.24) is 5.32 Å². The second kappa shape index (κ2) is 20.0. The van der Waals surface area contributed by atoms with Gasteiger partial charge in [-0.2, -0.15) is 0 Å². The first-order valence-corrected chi connectivity index (χ1v) is 14.3. The average molecular weight is 502 g/mol. The van der Waals surface area contributed by atoms with Crippen molar-refractivity contribution in [2.24, 2.45) is 0 Å². The highest BCUT2D eigenvalue weighted by Gasteiger charge is 2.18. The number of nitrogens with zero attached hydrogens (tertiary/aromatic N) is 1. The number of carboxylic acid groups (broad SMARTS) is 1. The largest absolute Gasteiger partial charge is 0.477 e. The fourth-order valence-corrected chi connectivity index (χ4v) is 4.69. The van der Waals surface area contributed by atoms with Gasteiger partial charge in [-0.1, -0.05) is 94.4 Å². The van der Waals surface area contributed by atoms with E-state index in [-0.39, 0.29) is 12.5 Å². The van der Waals surface area contributed by atoms with Crippen LogP contribution in [0.2, 0.25) is 0 Å². The summed E-state index contributed by atoms with van der Waals surface area (Å²) in [4.78, 5) is 22.8. The van der Waals surface area contributed by atoms with Crippen molar-refractivity contribution < 1.29 is 19.2 Å². The van der Waals surface area contributed by atoms with Crippen LogP contribution in [-0.2, 0) is 9.59 Å². The highest BCUT2D eigenvalue weighted by atomic mass is 16.4. The molecule has 5 heteroatoms. The summed E-state index contributed by atoms with van der Waals surface area (Å²) >= 11 is 0. The van der Waals surface area contributed by atoms with E-state index in [0.717, 1.165) is 38.6 Å². The fourth-order valence-electron chi connectivity index (χ4n) is 4.69. The van der Waals surface area contributed by atoms with Crippen molar-refractivity contribution in [1.29, 1.82) is 0 Å². The minimum absolute atomic E-state index is 0.108. The van der Waals surface area contributed by atoms with Gasteiger partial charge in [-0.05, 0) is 43.6 Å². The van der Waals surface area contributed by atoms with Crippen LogP contribution in [0.1, 0.15) is 108 Å². The molecule has 1 unspecified atom stereocenters. The number of aliphatic carboxylic acids is 1. The molecule has 1 aromatic carbocycles. The Bertz CT molecular complexity index is 731. The number of allylic oxidation sites excluding steroid dienone is 2. The van der Waals surface area contributed by atoms with E-state index in [4.69, 9.17) is 5.11 Å². The summed E-state index contributed by atoms with van der Waals surface area (Å²) in [6.45, 7) is 3.74. The molecule has 0 bridgehead atoms. The molecule has 0 spiro atoms. The number of benzene rings is 1. The number of unbranched alkanes of at least 4 members (excludes halogenated alkanes) is 8. The first-order chi connectivity index (χ1) is 17.3. The van der Waals surface area contributed by atoms with Crippen LogP contribution < -0.4 is 5.32 Å². The van der Waals surface area contributed by atoms with E-state index in [1.807, 2.05) is 14.1 Å². The van der Waals surface area contributed by atoms with E-state index < -0.39 is 5.97 Å². The minimum Gasteiger partial charge on any atom is -0.477 e. The third-order valence-electron chi connectivity index (χ3n) is 6.86. The summed E-state index contributed by atoms with van der Waals surface area (Å²) in [6.07, 6.45) is 20.7. The minimum atomic E-state index is -0.787. The van der Waals surface area contributed by atoms with Crippen LogP contribution >= 0.6 is 0 Å². The van der Waals surface area contributed by atoms with Crippen LogP contribution in [0.5, 0.6) is 0 Å². The van der Waals surface area contributed by atoms with Crippen LogP contribution in [0.3, 0.4) is 0 Å². The maximum absolute atomic E-state index is 12.0. The Morgan fingerprint density at radius 3 is 2.33 bits per heavy atom. The van der Waals surface area contributed by atoms with Crippen LogP contribution in [0.15, 0.2) is 42.5 Å². The quantitative estimate of drug-likeness (QED) is 0.101. The molecular formula is C31H53N2O3+. The molecule has 1 amide bonds. The molecular weight excluding hydrogens is 448 g/mol. The molecule has 0 aliphatic carbocycles. The molecule has 0 radical (unpaired) electrons. The molecule has 0 saturated carbocycles. The molecule has 2 N–H and O–H groups in total. The van der Waals surface area contributed by atoms with Gasteiger partial charge in [0.05, 0.1) is 20.6 Å². The Balaban J connectivity index is 2.08. The van der Waals surface area contributed by atoms with Crippen molar-refractivity contribution >= 4 is 11.9 Å². The zero-order chi connectivity index (χ0) is 26.5. The molecule has 0 fully saturated rings. The Kier molecular flexibility index (Phi) is 17.7. The molecule has 36 heavy (non-hydrogen) atoms. The lowest BCUT2D eigenvalue weighted by Crippen LogP contribution is -2.45. The lowest BCUT2D eigenvalue weighted by atomic mass is 9.90. The molecule has 0 saturated heterocycles. The number of amides is 1. The summed E-state index contributed by atoms with van der Waals surface area (Å²) in [5.41, 5.74) is 1.48. The maximum atomic E-state index is 12.0. The molecule has 204 valence electrons. The number of carbonyl (C=O) groups excluding carboxylic acids is 1. The topological polar surface area (TPSA) is 66.4 Å². The van der Waals surface area contributed by atoms with Crippen molar-refractivity contribution in [3.8, 4) is 0 Å². The zero-order valence-corrected chi connectivity index (χ0v) is 23.4. The first-order valence-electron chi connectivity index (χ1n) is 14.3. The normalized spacial score (nSPS) is 12.6. The summed E-state index contributed by atoms with van der Waals surface area (Å²) in [6, 6.07) is 11.0. The highest BCUT2D eigenvalue weighted by molar-refractivity contribution is 5.75. The molecule has 0 aliphatic heterocycles. The van der Waals surface area contributed by atoms with Gasteiger partial charge < -0.3 is 14.9 Å². The predicted molar refractivity (Wildman–Crippen MR) is 151 cm³/mol. The second-order valence-corrected chi connectivity index (χ2v) is 10.9. The van der Waals surface area contributed by atoms with Gasteiger partial charge in [-0.15, -0.1) is 0 Å². The Morgan fingerprint density at radius 2 is 1.61 bits per heavy atom. The van der Waals surface area contributed by atoms with Crippen molar-refractivity contribution in [3.05, 3.63) is 48.0 Å².